The van der Waals surface area contributed by atoms with Crippen LogP contribution in [-0.2, 0) is 6.42 Å². The number of aromatic nitrogens is 1. The first-order valence-electron chi connectivity index (χ1n) is 7.71. The quantitative estimate of drug-likeness (QED) is 0.707. The van der Waals surface area contributed by atoms with Crippen LogP contribution in [0, 0.1) is 0 Å². The Labute approximate surface area is 131 Å². The van der Waals surface area contributed by atoms with Gasteiger partial charge in [-0.1, -0.05) is 13.8 Å². The number of rotatable bonds is 9. The molecule has 1 heterocycles. The molecule has 4 heteroatoms. The molecule has 0 atom stereocenters. The first kappa shape index (κ1) is 16.0. The van der Waals surface area contributed by atoms with Gasteiger partial charge < -0.3 is 10.1 Å². The molecule has 0 fully saturated rings. The number of hydrogen-bond acceptors (Lipinski definition) is 4. The largest absolute Gasteiger partial charge is 0.494 e. The minimum Gasteiger partial charge on any atom is -0.494 e. The van der Waals surface area contributed by atoms with Gasteiger partial charge in [0.15, 0.2) is 0 Å². The van der Waals surface area contributed by atoms with Crippen molar-refractivity contribution >= 4 is 11.3 Å². The van der Waals surface area contributed by atoms with Crippen LogP contribution in [-0.4, -0.2) is 24.7 Å². The first-order valence-corrected chi connectivity index (χ1v) is 8.59. The van der Waals surface area contributed by atoms with Crippen LogP contribution in [0.4, 0.5) is 0 Å². The normalized spacial score (nSPS) is 10.8. The summed E-state index contributed by atoms with van der Waals surface area (Å²) in [5.74, 6) is 0.930. The van der Waals surface area contributed by atoms with E-state index in [1.54, 1.807) is 11.3 Å². The Hall–Kier alpha value is -1.39. The van der Waals surface area contributed by atoms with E-state index in [4.69, 9.17) is 9.72 Å². The van der Waals surface area contributed by atoms with Gasteiger partial charge in [-0.2, -0.15) is 0 Å². The van der Waals surface area contributed by atoms with Gasteiger partial charge in [-0.15, -0.1) is 11.3 Å². The summed E-state index contributed by atoms with van der Waals surface area (Å²) in [6.07, 6.45) is 3.21. The number of hydrogen-bond donors (Lipinski definition) is 1. The maximum absolute atomic E-state index is 5.60. The van der Waals surface area contributed by atoms with Gasteiger partial charge in [0.1, 0.15) is 5.75 Å². The monoisotopic (exact) mass is 304 g/mol. The zero-order valence-corrected chi connectivity index (χ0v) is 13.7. The lowest BCUT2D eigenvalue weighted by molar-refractivity contribution is 0.317. The van der Waals surface area contributed by atoms with Crippen molar-refractivity contribution < 1.29 is 4.74 Å². The van der Waals surface area contributed by atoms with Gasteiger partial charge >= 0.3 is 0 Å². The fraction of sp³-hybridized carbons (Fsp3) is 0.471. The molecule has 1 aromatic carbocycles. The molecule has 21 heavy (non-hydrogen) atoms. The van der Waals surface area contributed by atoms with E-state index >= 15 is 0 Å². The minimum absolute atomic E-state index is 0.769. The zero-order chi connectivity index (χ0) is 14.9. The molecule has 0 bridgehead atoms. The van der Waals surface area contributed by atoms with Crippen molar-refractivity contribution in [2.24, 2.45) is 0 Å². The topological polar surface area (TPSA) is 34.2 Å². The third-order valence-corrected chi connectivity index (χ3v) is 4.03. The van der Waals surface area contributed by atoms with Crippen molar-refractivity contribution in [1.82, 2.24) is 10.3 Å². The number of thiazole rings is 1. The lowest BCUT2D eigenvalue weighted by Gasteiger charge is -2.04. The SMILES string of the molecule is CCCNCCc1nc(-c2ccc(OCCC)cc2)cs1. The molecule has 0 amide bonds. The van der Waals surface area contributed by atoms with Gasteiger partial charge in [0.25, 0.3) is 0 Å². The summed E-state index contributed by atoms with van der Waals surface area (Å²) in [5, 5.41) is 6.74. The van der Waals surface area contributed by atoms with Crippen molar-refractivity contribution in [3.05, 3.63) is 34.7 Å². The predicted molar refractivity (Wildman–Crippen MR) is 90.2 cm³/mol. The summed E-state index contributed by atoms with van der Waals surface area (Å²) in [5.41, 5.74) is 2.22. The second-order valence-corrected chi connectivity index (χ2v) is 5.94. The molecule has 0 saturated heterocycles. The van der Waals surface area contributed by atoms with Gasteiger partial charge in [-0.25, -0.2) is 4.98 Å². The van der Waals surface area contributed by atoms with Gasteiger partial charge in [0, 0.05) is 23.9 Å². The van der Waals surface area contributed by atoms with Crippen LogP contribution < -0.4 is 10.1 Å². The standard InChI is InChI=1S/C17H24N2OS/c1-3-10-18-11-9-17-19-16(13-21-17)14-5-7-15(8-6-14)20-12-4-2/h5-8,13,18H,3-4,9-12H2,1-2H3. The number of nitrogens with zero attached hydrogens (tertiary/aromatic N) is 1. The Morgan fingerprint density at radius 1 is 1.10 bits per heavy atom. The molecule has 0 spiro atoms. The molecule has 0 saturated carbocycles. The summed E-state index contributed by atoms with van der Waals surface area (Å²) >= 11 is 1.74. The highest BCUT2D eigenvalue weighted by Gasteiger charge is 2.05. The summed E-state index contributed by atoms with van der Waals surface area (Å²) in [4.78, 5) is 4.71. The van der Waals surface area contributed by atoms with Crippen molar-refractivity contribution in [2.45, 2.75) is 33.1 Å². The highest BCUT2D eigenvalue weighted by molar-refractivity contribution is 7.09. The van der Waals surface area contributed by atoms with E-state index in [0.29, 0.717) is 0 Å². The molecule has 1 N–H and O–H groups in total. The molecule has 2 rings (SSSR count). The molecular weight excluding hydrogens is 280 g/mol. The molecule has 0 unspecified atom stereocenters. The maximum atomic E-state index is 5.60. The first-order chi connectivity index (χ1) is 10.3. The van der Waals surface area contributed by atoms with E-state index in [1.165, 1.54) is 11.4 Å². The predicted octanol–water partition coefficient (Wildman–Crippen LogP) is 4.14. The molecule has 114 valence electrons. The molecule has 0 aliphatic carbocycles. The van der Waals surface area contributed by atoms with E-state index in [9.17, 15) is 0 Å². The Kier molecular flexibility index (Phi) is 6.70. The smallest absolute Gasteiger partial charge is 0.119 e. The van der Waals surface area contributed by atoms with Crippen LogP contribution in [0.3, 0.4) is 0 Å². The van der Waals surface area contributed by atoms with E-state index in [2.05, 4.69) is 36.7 Å². The van der Waals surface area contributed by atoms with Crippen molar-refractivity contribution in [2.75, 3.05) is 19.7 Å². The fourth-order valence-corrected chi connectivity index (χ4v) is 2.80. The van der Waals surface area contributed by atoms with E-state index in [0.717, 1.165) is 49.5 Å². The van der Waals surface area contributed by atoms with Gasteiger partial charge in [-0.05, 0) is 43.7 Å². The molecule has 2 aromatic rings. The van der Waals surface area contributed by atoms with E-state index < -0.39 is 0 Å². The third kappa shape index (κ3) is 5.14. The number of ether oxygens (including phenoxy) is 1. The van der Waals surface area contributed by atoms with Crippen LogP contribution in [0.1, 0.15) is 31.7 Å². The minimum atomic E-state index is 0.769. The van der Waals surface area contributed by atoms with Crippen LogP contribution in [0.5, 0.6) is 5.75 Å². The summed E-state index contributed by atoms with van der Waals surface area (Å²) in [6.45, 7) is 7.15. The number of nitrogens with one attached hydrogen (secondary N) is 1. The Morgan fingerprint density at radius 2 is 1.90 bits per heavy atom. The lowest BCUT2D eigenvalue weighted by atomic mass is 10.2. The Bertz CT molecular complexity index is 522. The molecule has 0 aliphatic rings. The second-order valence-electron chi connectivity index (χ2n) is 5.00. The molecule has 0 aliphatic heterocycles. The molecule has 1 aromatic heterocycles. The Balaban J connectivity index is 1.91. The Morgan fingerprint density at radius 3 is 2.62 bits per heavy atom. The van der Waals surface area contributed by atoms with Crippen LogP contribution >= 0.6 is 11.3 Å². The van der Waals surface area contributed by atoms with Gasteiger partial charge in [0.2, 0.25) is 0 Å². The van der Waals surface area contributed by atoms with Gasteiger partial charge in [0.05, 0.1) is 17.3 Å². The maximum Gasteiger partial charge on any atom is 0.119 e. The summed E-state index contributed by atoms with van der Waals surface area (Å²) in [6, 6.07) is 8.21. The van der Waals surface area contributed by atoms with E-state index in [-0.39, 0.29) is 0 Å². The molecule has 0 radical (unpaired) electrons. The van der Waals surface area contributed by atoms with Gasteiger partial charge in [-0.3, -0.25) is 0 Å². The summed E-state index contributed by atoms with van der Waals surface area (Å²) < 4.78 is 5.60. The highest BCUT2D eigenvalue weighted by atomic mass is 32.1. The second kappa shape index (κ2) is 8.80. The third-order valence-electron chi connectivity index (χ3n) is 3.12. The van der Waals surface area contributed by atoms with Crippen LogP contribution in [0.25, 0.3) is 11.3 Å². The number of benzene rings is 1. The molecule has 3 nitrogen and oxygen atoms in total. The highest BCUT2D eigenvalue weighted by Crippen LogP contribution is 2.24. The van der Waals surface area contributed by atoms with E-state index in [1.807, 2.05) is 12.1 Å². The average Bonchev–Trinajstić information content (AvgIpc) is 2.99. The van der Waals surface area contributed by atoms with Crippen molar-refractivity contribution in [1.29, 1.82) is 0 Å². The molecular formula is C17H24N2OS. The van der Waals surface area contributed by atoms with Crippen molar-refractivity contribution in [3.8, 4) is 17.0 Å². The van der Waals surface area contributed by atoms with Crippen LogP contribution in [0.2, 0.25) is 0 Å². The fourth-order valence-electron chi connectivity index (χ4n) is 2.00. The summed E-state index contributed by atoms with van der Waals surface area (Å²) in [7, 11) is 0. The zero-order valence-electron chi connectivity index (χ0n) is 12.9. The van der Waals surface area contributed by atoms with Crippen molar-refractivity contribution in [3.63, 3.8) is 0 Å². The lowest BCUT2D eigenvalue weighted by Crippen LogP contribution is -2.17. The van der Waals surface area contributed by atoms with Crippen LogP contribution in [0.15, 0.2) is 29.6 Å². The average molecular weight is 304 g/mol.